The second-order valence-electron chi connectivity index (χ2n) is 9.44. The molecule has 2 aliphatic rings. The summed E-state index contributed by atoms with van der Waals surface area (Å²) in [5.74, 6) is -0.0247. The van der Waals surface area contributed by atoms with E-state index in [4.69, 9.17) is 4.74 Å². The van der Waals surface area contributed by atoms with Crippen molar-refractivity contribution in [2.75, 3.05) is 32.5 Å². The quantitative estimate of drug-likeness (QED) is 0.581. The van der Waals surface area contributed by atoms with Crippen molar-refractivity contribution in [1.29, 1.82) is 0 Å². The summed E-state index contributed by atoms with van der Waals surface area (Å²) in [5.41, 5.74) is 1.64. The molecule has 2 aromatic rings. The van der Waals surface area contributed by atoms with Crippen molar-refractivity contribution in [2.45, 2.75) is 50.1 Å². The molecule has 0 saturated carbocycles. The first-order valence-corrected chi connectivity index (χ1v) is 11.8. The Morgan fingerprint density at radius 3 is 2.62 bits per heavy atom. The number of halogens is 3. The van der Waals surface area contributed by atoms with Crippen molar-refractivity contribution in [3.05, 3.63) is 65.2 Å². The zero-order valence-corrected chi connectivity index (χ0v) is 19.6. The molecule has 8 heteroatoms. The molecule has 4 rings (SSSR count). The Kier molecular flexibility index (Phi) is 7.48. The molecule has 0 radical (unpaired) electrons. The third kappa shape index (κ3) is 5.73. The van der Waals surface area contributed by atoms with Crippen LogP contribution in [-0.2, 0) is 15.7 Å². The number of hydrogen-bond donors (Lipinski definition) is 2. The number of amides is 1. The number of nitrogens with zero attached hydrogens (tertiary/aromatic N) is 1. The van der Waals surface area contributed by atoms with Crippen molar-refractivity contribution < 1.29 is 22.7 Å². The van der Waals surface area contributed by atoms with Gasteiger partial charge in [0.15, 0.2) is 0 Å². The molecule has 0 aromatic heterocycles. The van der Waals surface area contributed by atoms with E-state index >= 15 is 0 Å². The topological polar surface area (TPSA) is 53.6 Å². The van der Waals surface area contributed by atoms with Crippen LogP contribution in [0, 0.1) is 5.92 Å². The molecule has 34 heavy (non-hydrogen) atoms. The molecule has 2 aromatic carbocycles. The lowest BCUT2D eigenvalue weighted by molar-refractivity contribution is -0.138. The molecule has 2 N–H and O–H groups in total. The molecular formula is C26H32F3N3O2. The highest BCUT2D eigenvalue weighted by Gasteiger charge is 2.43. The summed E-state index contributed by atoms with van der Waals surface area (Å²) in [6.07, 6.45) is -2.58. The molecule has 0 bridgehead atoms. The van der Waals surface area contributed by atoms with Crippen LogP contribution in [0.5, 0.6) is 0 Å². The highest BCUT2D eigenvalue weighted by Crippen LogP contribution is 2.51. The van der Waals surface area contributed by atoms with Gasteiger partial charge in [0.05, 0.1) is 23.8 Å². The zero-order valence-electron chi connectivity index (χ0n) is 19.6. The molecule has 2 heterocycles. The number of likely N-dealkylation sites (N-methyl/N-ethyl adjacent to an activating group) is 1. The average Bonchev–Trinajstić information content (AvgIpc) is 2.81. The molecular weight excluding hydrogens is 443 g/mol. The second kappa shape index (κ2) is 10.4. The van der Waals surface area contributed by atoms with Crippen LogP contribution in [0.2, 0.25) is 0 Å². The van der Waals surface area contributed by atoms with E-state index < -0.39 is 17.8 Å². The van der Waals surface area contributed by atoms with Crippen LogP contribution in [0.4, 0.5) is 18.9 Å². The zero-order chi connectivity index (χ0) is 24.3. The molecule has 4 atom stereocenters. The molecule has 184 valence electrons. The lowest BCUT2D eigenvalue weighted by Gasteiger charge is -2.46. The van der Waals surface area contributed by atoms with Crippen LogP contribution in [0.3, 0.4) is 0 Å². The minimum Gasteiger partial charge on any atom is -0.378 e. The number of nitrogens with one attached hydrogen (secondary N) is 2. The number of rotatable bonds is 7. The minimum absolute atomic E-state index is 0.00329. The first-order valence-electron chi connectivity index (χ1n) is 11.8. The number of ether oxygens (including phenoxy) is 1. The van der Waals surface area contributed by atoms with Crippen LogP contribution in [0.1, 0.15) is 54.5 Å². The van der Waals surface area contributed by atoms with Gasteiger partial charge in [-0.15, -0.1) is 0 Å². The van der Waals surface area contributed by atoms with Gasteiger partial charge in [0.2, 0.25) is 5.91 Å². The summed E-state index contributed by atoms with van der Waals surface area (Å²) in [6.45, 7) is 1.35. The number of fused-ring (bicyclic) bond motifs is 3. The molecule has 0 aliphatic carbocycles. The van der Waals surface area contributed by atoms with E-state index in [2.05, 4.69) is 10.6 Å². The fourth-order valence-corrected chi connectivity index (χ4v) is 4.93. The van der Waals surface area contributed by atoms with Gasteiger partial charge in [0, 0.05) is 36.7 Å². The number of benzene rings is 2. The van der Waals surface area contributed by atoms with Crippen molar-refractivity contribution in [3.63, 3.8) is 0 Å². The first kappa shape index (κ1) is 24.5. The van der Waals surface area contributed by atoms with E-state index in [1.165, 1.54) is 12.1 Å². The van der Waals surface area contributed by atoms with Gasteiger partial charge in [-0.25, -0.2) is 0 Å². The molecule has 1 fully saturated rings. The van der Waals surface area contributed by atoms with E-state index in [0.717, 1.165) is 31.0 Å². The van der Waals surface area contributed by atoms with Gasteiger partial charge < -0.3 is 20.3 Å². The predicted octanol–water partition coefficient (Wildman–Crippen LogP) is 5.17. The van der Waals surface area contributed by atoms with Crippen LogP contribution in [0.15, 0.2) is 48.5 Å². The van der Waals surface area contributed by atoms with Crippen molar-refractivity contribution >= 4 is 11.6 Å². The highest BCUT2D eigenvalue weighted by atomic mass is 19.4. The maximum Gasteiger partial charge on any atom is 0.416 e. The van der Waals surface area contributed by atoms with Crippen molar-refractivity contribution in [2.24, 2.45) is 5.92 Å². The Hall–Kier alpha value is -2.58. The Balaban J connectivity index is 1.52. The van der Waals surface area contributed by atoms with Gasteiger partial charge in [-0.1, -0.05) is 30.3 Å². The van der Waals surface area contributed by atoms with Gasteiger partial charge in [-0.2, -0.15) is 13.2 Å². The number of carbonyl (C=O) groups excluding carboxylic acids is 1. The summed E-state index contributed by atoms with van der Waals surface area (Å²) in [5, 5.41) is 6.38. The minimum atomic E-state index is -4.42. The second-order valence-corrected chi connectivity index (χ2v) is 9.44. The number of anilines is 1. The van der Waals surface area contributed by atoms with Gasteiger partial charge in [-0.05, 0) is 57.1 Å². The van der Waals surface area contributed by atoms with Crippen LogP contribution in [-0.4, -0.2) is 44.1 Å². The van der Waals surface area contributed by atoms with E-state index in [-0.39, 0.29) is 24.0 Å². The molecule has 3 unspecified atom stereocenters. The van der Waals surface area contributed by atoms with Crippen LogP contribution in [0.25, 0.3) is 0 Å². The first-order chi connectivity index (χ1) is 16.2. The maximum absolute atomic E-state index is 13.5. The van der Waals surface area contributed by atoms with Crippen molar-refractivity contribution in [1.82, 2.24) is 10.2 Å². The summed E-state index contributed by atoms with van der Waals surface area (Å²) in [7, 11) is 3.89. The molecule has 1 saturated heterocycles. The monoisotopic (exact) mass is 475 g/mol. The molecule has 2 aliphatic heterocycles. The van der Waals surface area contributed by atoms with Crippen LogP contribution < -0.4 is 10.6 Å². The van der Waals surface area contributed by atoms with Gasteiger partial charge in [0.25, 0.3) is 0 Å². The molecule has 0 spiro atoms. The Bertz CT molecular complexity index is 981. The van der Waals surface area contributed by atoms with Gasteiger partial charge in [0.1, 0.15) is 0 Å². The predicted molar refractivity (Wildman–Crippen MR) is 125 cm³/mol. The SMILES string of the molecule is CN(C)CCNC(=O)CC[C@H]1CCC2C(c3ccccc3)Nc3ccc(C(F)(F)F)cc3C2O1. The smallest absolute Gasteiger partial charge is 0.378 e. The number of alkyl halides is 3. The summed E-state index contributed by atoms with van der Waals surface area (Å²) < 4.78 is 46.8. The maximum atomic E-state index is 13.5. The van der Waals surface area contributed by atoms with E-state index in [1.807, 2.05) is 49.3 Å². The molecule has 5 nitrogen and oxygen atoms in total. The normalized spacial score (nSPS) is 24.2. The Labute approximate surface area is 198 Å². The fraction of sp³-hybridized carbons (Fsp3) is 0.500. The third-order valence-corrected chi connectivity index (χ3v) is 6.71. The van der Waals surface area contributed by atoms with E-state index in [1.54, 1.807) is 0 Å². The average molecular weight is 476 g/mol. The highest BCUT2D eigenvalue weighted by molar-refractivity contribution is 5.75. The standard InChI is InChI=1S/C26H32F3N3O2/c1-32(2)15-14-30-23(33)13-10-19-9-11-20-24(17-6-4-3-5-7-17)31-22-12-8-18(26(27,28)29)16-21(22)25(20)34-19/h3-8,12,16,19-20,24-25,31H,9-11,13-15H2,1-2H3,(H,30,33)/t19-,20?,24?,25?/m1/s1. The molecule has 1 amide bonds. The third-order valence-electron chi connectivity index (χ3n) is 6.71. The summed E-state index contributed by atoms with van der Waals surface area (Å²) in [4.78, 5) is 14.2. The summed E-state index contributed by atoms with van der Waals surface area (Å²) >= 11 is 0. The number of carbonyl (C=O) groups is 1. The lowest BCUT2D eigenvalue weighted by Crippen LogP contribution is -2.39. The lowest BCUT2D eigenvalue weighted by atomic mass is 9.76. The van der Waals surface area contributed by atoms with E-state index in [0.29, 0.717) is 30.6 Å². The largest absolute Gasteiger partial charge is 0.416 e. The van der Waals surface area contributed by atoms with Crippen molar-refractivity contribution in [3.8, 4) is 0 Å². The Morgan fingerprint density at radius 2 is 1.91 bits per heavy atom. The van der Waals surface area contributed by atoms with Gasteiger partial charge in [-0.3, -0.25) is 4.79 Å². The van der Waals surface area contributed by atoms with Crippen LogP contribution >= 0.6 is 0 Å². The fourth-order valence-electron chi connectivity index (χ4n) is 4.93. The Morgan fingerprint density at radius 1 is 1.15 bits per heavy atom. The number of hydrogen-bond acceptors (Lipinski definition) is 4. The summed E-state index contributed by atoms with van der Waals surface area (Å²) in [6, 6.07) is 13.8. The van der Waals surface area contributed by atoms with Gasteiger partial charge >= 0.3 is 6.18 Å². The van der Waals surface area contributed by atoms with E-state index in [9.17, 15) is 18.0 Å².